The van der Waals surface area contributed by atoms with Crippen molar-refractivity contribution in [2.75, 3.05) is 11.9 Å². The van der Waals surface area contributed by atoms with Gasteiger partial charge in [-0.05, 0) is 30.3 Å². The number of carbonyl (C=O) groups excluding carboxylic acids is 1. The Morgan fingerprint density at radius 3 is 2.93 bits per heavy atom. The first-order valence-electron chi connectivity index (χ1n) is 9.12. The van der Waals surface area contributed by atoms with Crippen molar-refractivity contribution in [1.29, 1.82) is 0 Å². The molecular formula is C21H19N5O2S. The second kappa shape index (κ2) is 9.11. The lowest BCUT2D eigenvalue weighted by atomic mass is 10.2. The van der Waals surface area contributed by atoms with E-state index in [0.717, 1.165) is 16.4 Å². The van der Waals surface area contributed by atoms with E-state index in [1.165, 1.54) is 11.3 Å². The number of anilines is 1. The lowest BCUT2D eigenvalue weighted by molar-refractivity contribution is -0.115. The monoisotopic (exact) mass is 405 g/mol. The zero-order valence-corrected chi connectivity index (χ0v) is 16.4. The van der Waals surface area contributed by atoms with Gasteiger partial charge in [-0.2, -0.15) is 5.10 Å². The fourth-order valence-electron chi connectivity index (χ4n) is 2.72. The lowest BCUT2D eigenvalue weighted by Gasteiger charge is -2.09. The summed E-state index contributed by atoms with van der Waals surface area (Å²) in [5, 5.41) is 9.73. The molecule has 0 radical (unpaired) electrons. The molecule has 0 fully saturated rings. The van der Waals surface area contributed by atoms with Crippen molar-refractivity contribution in [3.05, 3.63) is 78.2 Å². The number of pyridine rings is 1. The molecule has 0 aliphatic carbocycles. The molecule has 0 atom stereocenters. The Bertz CT molecular complexity index is 1060. The second-order valence-electron chi connectivity index (χ2n) is 6.23. The van der Waals surface area contributed by atoms with E-state index in [4.69, 9.17) is 4.74 Å². The summed E-state index contributed by atoms with van der Waals surface area (Å²) < 4.78 is 7.55. The van der Waals surface area contributed by atoms with Gasteiger partial charge in [0.1, 0.15) is 17.4 Å². The molecule has 0 bridgehead atoms. The predicted molar refractivity (Wildman–Crippen MR) is 112 cm³/mol. The van der Waals surface area contributed by atoms with Gasteiger partial charge in [0.2, 0.25) is 5.91 Å². The van der Waals surface area contributed by atoms with Crippen LogP contribution >= 0.6 is 11.3 Å². The Hall–Kier alpha value is -3.52. The highest BCUT2D eigenvalue weighted by Crippen LogP contribution is 2.22. The van der Waals surface area contributed by atoms with Crippen molar-refractivity contribution >= 4 is 22.9 Å². The van der Waals surface area contributed by atoms with E-state index in [0.29, 0.717) is 24.6 Å². The first kappa shape index (κ1) is 18.8. The zero-order valence-electron chi connectivity index (χ0n) is 15.6. The standard InChI is InChI=1S/C21H19N5O2S/c27-20(14-17-15-29-21(25-17)19-7-1-2-8-22-19)24-16-5-3-6-18(13-16)28-12-11-26-10-4-9-23-26/h1-10,13,15H,11-12,14H2,(H,24,27). The summed E-state index contributed by atoms with van der Waals surface area (Å²) >= 11 is 1.48. The maximum absolute atomic E-state index is 12.4. The maximum atomic E-state index is 12.4. The number of aromatic nitrogens is 4. The van der Waals surface area contributed by atoms with Crippen LogP contribution in [0.3, 0.4) is 0 Å². The van der Waals surface area contributed by atoms with E-state index in [1.54, 1.807) is 23.1 Å². The minimum Gasteiger partial charge on any atom is -0.492 e. The van der Waals surface area contributed by atoms with Crippen LogP contribution in [0, 0.1) is 0 Å². The van der Waals surface area contributed by atoms with Crippen molar-refractivity contribution in [2.24, 2.45) is 0 Å². The second-order valence-corrected chi connectivity index (χ2v) is 7.09. The third-order valence-electron chi connectivity index (χ3n) is 4.04. The van der Waals surface area contributed by atoms with E-state index in [-0.39, 0.29) is 12.3 Å². The molecule has 4 rings (SSSR count). The Morgan fingerprint density at radius 1 is 1.14 bits per heavy atom. The largest absolute Gasteiger partial charge is 0.492 e. The van der Waals surface area contributed by atoms with Gasteiger partial charge in [0.15, 0.2) is 0 Å². The van der Waals surface area contributed by atoms with Crippen molar-refractivity contribution in [3.63, 3.8) is 0 Å². The number of hydrogen-bond acceptors (Lipinski definition) is 6. The smallest absolute Gasteiger partial charge is 0.230 e. The van der Waals surface area contributed by atoms with Gasteiger partial charge in [-0.25, -0.2) is 4.98 Å². The van der Waals surface area contributed by atoms with Crippen LogP contribution in [-0.2, 0) is 17.8 Å². The van der Waals surface area contributed by atoms with Gasteiger partial charge >= 0.3 is 0 Å². The molecule has 146 valence electrons. The lowest BCUT2D eigenvalue weighted by Crippen LogP contribution is -2.14. The molecule has 0 spiro atoms. The van der Waals surface area contributed by atoms with E-state index in [2.05, 4.69) is 20.4 Å². The van der Waals surface area contributed by atoms with Gasteiger partial charge in [-0.15, -0.1) is 11.3 Å². The Morgan fingerprint density at radius 2 is 2.10 bits per heavy atom. The first-order chi connectivity index (χ1) is 14.3. The summed E-state index contributed by atoms with van der Waals surface area (Å²) in [5.41, 5.74) is 2.22. The van der Waals surface area contributed by atoms with E-state index >= 15 is 0 Å². The van der Waals surface area contributed by atoms with E-state index < -0.39 is 0 Å². The molecule has 0 unspecified atom stereocenters. The molecule has 4 aromatic rings. The summed E-state index contributed by atoms with van der Waals surface area (Å²) in [5.74, 6) is 0.567. The number of ether oxygens (including phenoxy) is 1. The Labute approximate surface area is 172 Å². The number of thiazole rings is 1. The third-order valence-corrected chi connectivity index (χ3v) is 4.96. The SMILES string of the molecule is O=C(Cc1csc(-c2ccccn2)n1)Nc1cccc(OCCn2cccn2)c1. The molecule has 1 aromatic carbocycles. The van der Waals surface area contributed by atoms with Crippen LogP contribution in [0.2, 0.25) is 0 Å². The molecule has 0 aliphatic heterocycles. The van der Waals surface area contributed by atoms with Crippen molar-refractivity contribution in [3.8, 4) is 16.5 Å². The molecule has 0 saturated heterocycles. The van der Waals surface area contributed by atoms with Crippen molar-refractivity contribution in [1.82, 2.24) is 19.7 Å². The summed E-state index contributed by atoms with van der Waals surface area (Å²) in [6.07, 6.45) is 5.55. The summed E-state index contributed by atoms with van der Waals surface area (Å²) in [4.78, 5) is 21.2. The topological polar surface area (TPSA) is 81.9 Å². The van der Waals surface area contributed by atoms with Crippen LogP contribution in [0.5, 0.6) is 5.75 Å². The quantitative estimate of drug-likeness (QED) is 0.484. The number of benzene rings is 1. The normalized spacial score (nSPS) is 10.6. The fraction of sp³-hybridized carbons (Fsp3) is 0.143. The molecule has 3 heterocycles. The van der Waals surface area contributed by atoms with Gasteiger partial charge in [-0.1, -0.05) is 12.1 Å². The number of amides is 1. The average Bonchev–Trinajstić information content (AvgIpc) is 3.41. The molecule has 1 N–H and O–H groups in total. The van der Waals surface area contributed by atoms with Crippen LogP contribution in [0.1, 0.15) is 5.69 Å². The highest BCUT2D eigenvalue weighted by molar-refractivity contribution is 7.13. The maximum Gasteiger partial charge on any atom is 0.230 e. The van der Waals surface area contributed by atoms with Crippen LogP contribution in [0.15, 0.2) is 72.5 Å². The molecule has 0 aliphatic rings. The minimum atomic E-state index is -0.128. The van der Waals surface area contributed by atoms with E-state index in [1.807, 2.05) is 54.0 Å². The molecule has 1 amide bonds. The highest BCUT2D eigenvalue weighted by Gasteiger charge is 2.10. The van der Waals surface area contributed by atoms with Crippen molar-refractivity contribution < 1.29 is 9.53 Å². The van der Waals surface area contributed by atoms with Crippen LogP contribution < -0.4 is 10.1 Å². The Balaban J connectivity index is 1.31. The van der Waals surface area contributed by atoms with Gasteiger partial charge in [0.25, 0.3) is 0 Å². The third kappa shape index (κ3) is 5.26. The van der Waals surface area contributed by atoms with Gasteiger partial charge in [-0.3, -0.25) is 14.5 Å². The highest BCUT2D eigenvalue weighted by atomic mass is 32.1. The first-order valence-corrected chi connectivity index (χ1v) is 10.0. The van der Waals surface area contributed by atoms with Crippen molar-refractivity contribution in [2.45, 2.75) is 13.0 Å². The molecule has 0 saturated carbocycles. The van der Waals surface area contributed by atoms with Crippen LogP contribution in [0.25, 0.3) is 10.7 Å². The zero-order chi connectivity index (χ0) is 19.9. The molecule has 7 nitrogen and oxygen atoms in total. The molecule has 3 aromatic heterocycles. The molecule has 8 heteroatoms. The number of hydrogen-bond donors (Lipinski definition) is 1. The summed E-state index contributed by atoms with van der Waals surface area (Å²) in [6.45, 7) is 1.15. The summed E-state index contributed by atoms with van der Waals surface area (Å²) in [7, 11) is 0. The minimum absolute atomic E-state index is 0.128. The van der Waals surface area contributed by atoms with Gasteiger partial charge in [0, 0.05) is 35.7 Å². The van der Waals surface area contributed by atoms with Gasteiger partial charge < -0.3 is 10.1 Å². The fourth-order valence-corrected chi connectivity index (χ4v) is 3.51. The molecule has 29 heavy (non-hydrogen) atoms. The number of rotatable bonds is 8. The predicted octanol–water partition coefficient (Wildman–Crippen LogP) is 3.66. The van der Waals surface area contributed by atoms with Crippen LogP contribution in [0.4, 0.5) is 5.69 Å². The number of nitrogens with one attached hydrogen (secondary N) is 1. The molecular weight excluding hydrogens is 386 g/mol. The average molecular weight is 405 g/mol. The van der Waals surface area contributed by atoms with E-state index in [9.17, 15) is 4.79 Å². The Kier molecular flexibility index (Phi) is 5.92. The van der Waals surface area contributed by atoms with Crippen LogP contribution in [-0.4, -0.2) is 32.3 Å². The number of carbonyl (C=O) groups is 1. The number of nitrogens with zero attached hydrogens (tertiary/aromatic N) is 4. The summed E-state index contributed by atoms with van der Waals surface area (Å²) in [6, 6.07) is 14.9. The van der Waals surface area contributed by atoms with Gasteiger partial charge in [0.05, 0.1) is 24.4 Å².